The average molecular weight is 446 g/mol. The summed E-state index contributed by atoms with van der Waals surface area (Å²) in [4.78, 5) is 15.7. The number of carbonyl (C=O) groups excluding carboxylic acids is 1. The molecule has 0 aromatic heterocycles. The van der Waals surface area contributed by atoms with Crippen LogP contribution in [0.15, 0.2) is 12.1 Å². The van der Waals surface area contributed by atoms with Crippen LogP contribution in [0.1, 0.15) is 87.6 Å². The third kappa shape index (κ3) is 5.30. The number of hydrogen-bond donors (Lipinski definition) is 0. The number of Topliss-reactive ketones (excluding diaryl/α,β-unsaturated/α-hetero) is 1. The minimum Gasteiger partial charge on any atom is -0.490 e. The highest BCUT2D eigenvalue weighted by Crippen LogP contribution is 2.44. The first-order valence-corrected chi connectivity index (χ1v) is 12.9. The van der Waals surface area contributed by atoms with E-state index in [9.17, 15) is 4.79 Å². The summed E-state index contributed by atoms with van der Waals surface area (Å²) in [6.07, 6.45) is 10.8. The Kier molecular flexibility index (Phi) is 7.75. The largest absolute Gasteiger partial charge is 0.490 e. The van der Waals surface area contributed by atoms with Crippen molar-refractivity contribution in [3.05, 3.63) is 23.3 Å². The zero-order valence-electron chi connectivity index (χ0n) is 20.0. The van der Waals surface area contributed by atoms with E-state index >= 15 is 4.39 Å². The molecule has 3 aliphatic rings. The van der Waals surface area contributed by atoms with Gasteiger partial charge in [0, 0.05) is 18.5 Å². The molecule has 0 spiro atoms. The van der Waals surface area contributed by atoms with Gasteiger partial charge >= 0.3 is 0 Å². The SMILES string of the molecule is CCOc1cc2c(cc1OCC)C(=O)C(F)(CC1CCN(CC3CCCCCC3)CC1)C2. The van der Waals surface area contributed by atoms with Crippen LogP contribution < -0.4 is 9.47 Å². The van der Waals surface area contributed by atoms with Crippen molar-refractivity contribution in [2.75, 3.05) is 32.8 Å². The summed E-state index contributed by atoms with van der Waals surface area (Å²) in [6.45, 7) is 8.09. The van der Waals surface area contributed by atoms with Gasteiger partial charge in [-0.1, -0.05) is 25.7 Å². The van der Waals surface area contributed by atoms with Crippen molar-refractivity contribution in [1.29, 1.82) is 0 Å². The number of ketones is 1. The summed E-state index contributed by atoms with van der Waals surface area (Å²) >= 11 is 0. The molecule has 4 nitrogen and oxygen atoms in total. The van der Waals surface area contributed by atoms with E-state index in [0.717, 1.165) is 37.4 Å². The minimum atomic E-state index is -1.79. The molecule has 178 valence electrons. The van der Waals surface area contributed by atoms with Gasteiger partial charge in [-0.2, -0.15) is 0 Å². The number of benzene rings is 1. The molecule has 1 saturated carbocycles. The lowest BCUT2D eigenvalue weighted by molar-refractivity contribution is 0.0580. The fourth-order valence-corrected chi connectivity index (χ4v) is 6.03. The van der Waals surface area contributed by atoms with Crippen LogP contribution in [0.5, 0.6) is 11.5 Å². The quantitative estimate of drug-likeness (QED) is 0.460. The number of rotatable bonds is 8. The first-order valence-electron chi connectivity index (χ1n) is 12.9. The van der Waals surface area contributed by atoms with E-state index in [1.54, 1.807) is 6.07 Å². The predicted molar refractivity (Wildman–Crippen MR) is 126 cm³/mol. The number of ether oxygens (including phenoxy) is 2. The summed E-state index contributed by atoms with van der Waals surface area (Å²) < 4.78 is 27.3. The summed E-state index contributed by atoms with van der Waals surface area (Å²) in [5, 5.41) is 0. The van der Waals surface area contributed by atoms with Crippen molar-refractivity contribution in [3.63, 3.8) is 0 Å². The third-order valence-corrected chi connectivity index (χ3v) is 7.70. The Morgan fingerprint density at radius 1 is 0.938 bits per heavy atom. The monoisotopic (exact) mass is 445 g/mol. The molecule has 4 rings (SSSR count). The van der Waals surface area contributed by atoms with Crippen LogP contribution in [-0.2, 0) is 6.42 Å². The Labute approximate surface area is 192 Å². The normalized spacial score (nSPS) is 25.5. The van der Waals surface area contributed by atoms with Crippen molar-refractivity contribution in [2.45, 2.75) is 83.7 Å². The van der Waals surface area contributed by atoms with E-state index in [1.807, 2.05) is 19.9 Å². The Hall–Kier alpha value is -1.62. The van der Waals surface area contributed by atoms with Gasteiger partial charge in [-0.05, 0) is 88.6 Å². The molecule has 1 atom stereocenters. The molecule has 0 amide bonds. The second kappa shape index (κ2) is 10.5. The van der Waals surface area contributed by atoms with Gasteiger partial charge in [0.2, 0.25) is 5.78 Å². The number of hydrogen-bond acceptors (Lipinski definition) is 4. The highest BCUT2D eigenvalue weighted by Gasteiger charge is 2.48. The minimum absolute atomic E-state index is 0.163. The lowest BCUT2D eigenvalue weighted by atomic mass is 9.83. The van der Waals surface area contributed by atoms with Gasteiger partial charge in [-0.15, -0.1) is 0 Å². The molecule has 32 heavy (non-hydrogen) atoms. The van der Waals surface area contributed by atoms with Crippen LogP contribution in [0.2, 0.25) is 0 Å². The van der Waals surface area contributed by atoms with E-state index in [-0.39, 0.29) is 18.1 Å². The Morgan fingerprint density at radius 3 is 2.19 bits per heavy atom. The van der Waals surface area contributed by atoms with Crippen LogP contribution >= 0.6 is 0 Å². The maximum Gasteiger partial charge on any atom is 0.200 e. The second-order valence-electron chi connectivity index (χ2n) is 10.1. The van der Waals surface area contributed by atoms with E-state index in [2.05, 4.69) is 4.90 Å². The maximum absolute atomic E-state index is 16.0. The Morgan fingerprint density at radius 2 is 1.56 bits per heavy atom. The molecule has 0 radical (unpaired) electrons. The third-order valence-electron chi connectivity index (χ3n) is 7.70. The van der Waals surface area contributed by atoms with Gasteiger partial charge in [-0.25, -0.2) is 4.39 Å². The molecule has 2 fully saturated rings. The van der Waals surface area contributed by atoms with Crippen molar-refractivity contribution in [2.24, 2.45) is 11.8 Å². The van der Waals surface area contributed by atoms with Crippen molar-refractivity contribution in [3.8, 4) is 11.5 Å². The second-order valence-corrected chi connectivity index (χ2v) is 10.1. The Bertz CT molecular complexity index is 781. The van der Waals surface area contributed by atoms with Crippen molar-refractivity contribution < 1.29 is 18.7 Å². The van der Waals surface area contributed by atoms with Gasteiger partial charge < -0.3 is 14.4 Å². The first kappa shape index (κ1) is 23.5. The molecule has 1 heterocycles. The topological polar surface area (TPSA) is 38.8 Å². The molecule has 1 aliphatic heterocycles. The highest BCUT2D eigenvalue weighted by atomic mass is 19.1. The van der Waals surface area contributed by atoms with Crippen LogP contribution in [-0.4, -0.2) is 49.2 Å². The fraction of sp³-hybridized carbons (Fsp3) is 0.741. The average Bonchev–Trinajstić information content (AvgIpc) is 2.94. The fourth-order valence-electron chi connectivity index (χ4n) is 6.03. The molecule has 5 heteroatoms. The number of fused-ring (bicyclic) bond motifs is 1. The van der Waals surface area contributed by atoms with Crippen LogP contribution in [0.3, 0.4) is 0 Å². The van der Waals surface area contributed by atoms with Gasteiger partial charge in [0.05, 0.1) is 13.2 Å². The smallest absolute Gasteiger partial charge is 0.200 e. The number of piperidine rings is 1. The van der Waals surface area contributed by atoms with Crippen LogP contribution in [0, 0.1) is 11.8 Å². The van der Waals surface area contributed by atoms with E-state index in [0.29, 0.717) is 36.7 Å². The number of alkyl halides is 1. The summed E-state index contributed by atoms with van der Waals surface area (Å²) in [5.41, 5.74) is -0.550. The molecule has 1 saturated heterocycles. The number of halogens is 1. The van der Waals surface area contributed by atoms with Crippen LogP contribution in [0.4, 0.5) is 4.39 Å². The molecule has 0 bridgehead atoms. The first-order chi connectivity index (χ1) is 15.5. The number of carbonyl (C=O) groups is 1. The molecular formula is C27H40FNO3. The predicted octanol–water partition coefficient (Wildman–Crippen LogP) is 6.00. The molecule has 1 aromatic carbocycles. The number of nitrogens with zero attached hydrogens (tertiary/aromatic N) is 1. The number of likely N-dealkylation sites (tertiary alicyclic amines) is 1. The molecule has 1 aromatic rings. The highest BCUT2D eigenvalue weighted by molar-refractivity contribution is 6.07. The summed E-state index contributed by atoms with van der Waals surface area (Å²) in [7, 11) is 0. The van der Waals surface area contributed by atoms with Gasteiger partial charge in [0.25, 0.3) is 0 Å². The molecular weight excluding hydrogens is 405 g/mol. The lowest BCUT2D eigenvalue weighted by Crippen LogP contribution is -2.40. The van der Waals surface area contributed by atoms with E-state index in [4.69, 9.17) is 9.47 Å². The molecule has 1 unspecified atom stereocenters. The summed E-state index contributed by atoms with van der Waals surface area (Å²) in [6, 6.07) is 3.52. The standard InChI is InChI=1S/C27H40FNO3/c1-3-31-24-15-22-18-27(28,26(30)23(22)16-25(24)32-4-2)17-20-11-13-29(14-12-20)19-21-9-7-5-6-8-10-21/h15-16,20-21H,3-14,17-19H2,1-2H3. The van der Waals surface area contributed by atoms with Crippen LogP contribution in [0.25, 0.3) is 0 Å². The van der Waals surface area contributed by atoms with Gasteiger partial charge in [0.15, 0.2) is 17.2 Å². The van der Waals surface area contributed by atoms with Crippen molar-refractivity contribution in [1.82, 2.24) is 4.90 Å². The summed E-state index contributed by atoms with van der Waals surface area (Å²) in [5.74, 6) is 1.90. The maximum atomic E-state index is 16.0. The van der Waals surface area contributed by atoms with E-state index < -0.39 is 5.67 Å². The lowest BCUT2D eigenvalue weighted by Gasteiger charge is -2.36. The van der Waals surface area contributed by atoms with Crippen molar-refractivity contribution >= 4 is 5.78 Å². The Balaban J connectivity index is 1.35. The zero-order valence-corrected chi connectivity index (χ0v) is 20.0. The van der Waals surface area contributed by atoms with E-state index in [1.165, 1.54) is 45.1 Å². The molecule has 0 N–H and O–H groups in total. The molecule has 2 aliphatic carbocycles. The van der Waals surface area contributed by atoms with Gasteiger partial charge in [0.1, 0.15) is 0 Å². The zero-order chi connectivity index (χ0) is 22.6. The van der Waals surface area contributed by atoms with Gasteiger partial charge in [-0.3, -0.25) is 4.79 Å².